The molecule has 0 saturated carbocycles. The highest BCUT2D eigenvalue weighted by atomic mass is 16.2. The lowest BCUT2D eigenvalue weighted by Gasteiger charge is -2.06. The number of imidazole rings is 1. The summed E-state index contributed by atoms with van der Waals surface area (Å²) in [4.78, 5) is 14.9. The second-order valence-corrected chi connectivity index (χ2v) is 2.31. The van der Waals surface area contributed by atoms with Gasteiger partial charge in [-0.3, -0.25) is 4.57 Å². The van der Waals surface area contributed by atoms with Crippen LogP contribution in [0.3, 0.4) is 0 Å². The minimum Gasteiger partial charge on any atom is -0.324 e. The van der Waals surface area contributed by atoms with Gasteiger partial charge in [0.1, 0.15) is 6.33 Å². The highest BCUT2D eigenvalue weighted by Crippen LogP contribution is 1.86. The number of carbonyl (C=O) groups is 1. The summed E-state index contributed by atoms with van der Waals surface area (Å²) >= 11 is 0. The van der Waals surface area contributed by atoms with E-state index in [9.17, 15) is 4.79 Å². The van der Waals surface area contributed by atoms with E-state index in [0.29, 0.717) is 0 Å². The van der Waals surface area contributed by atoms with E-state index < -0.39 is 0 Å². The van der Waals surface area contributed by atoms with E-state index in [0.717, 1.165) is 0 Å². The SMILES string of the molecule is C#CC(C)NC(=O)n1ccnc1. The zero-order chi connectivity index (χ0) is 8.97. The Bertz CT molecular complexity index is 297. The summed E-state index contributed by atoms with van der Waals surface area (Å²) in [6, 6.07) is -0.530. The molecule has 4 nitrogen and oxygen atoms in total. The van der Waals surface area contributed by atoms with E-state index in [-0.39, 0.29) is 12.1 Å². The summed E-state index contributed by atoms with van der Waals surface area (Å²) < 4.78 is 1.33. The van der Waals surface area contributed by atoms with Crippen molar-refractivity contribution in [2.24, 2.45) is 0 Å². The van der Waals surface area contributed by atoms with E-state index in [1.54, 1.807) is 13.1 Å². The minimum atomic E-state index is -0.266. The molecule has 1 aromatic rings. The third kappa shape index (κ3) is 1.86. The van der Waals surface area contributed by atoms with E-state index in [4.69, 9.17) is 6.42 Å². The molecular weight excluding hydrogens is 154 g/mol. The molecule has 1 rings (SSSR count). The number of carbonyl (C=O) groups excluding carboxylic acids is 1. The van der Waals surface area contributed by atoms with Crippen molar-refractivity contribution in [1.82, 2.24) is 14.9 Å². The Morgan fingerprint density at radius 2 is 2.58 bits per heavy atom. The molecule has 0 spiro atoms. The third-order valence-corrected chi connectivity index (χ3v) is 1.33. The molecule has 0 aliphatic heterocycles. The van der Waals surface area contributed by atoms with Gasteiger partial charge in [0.05, 0.1) is 6.04 Å². The van der Waals surface area contributed by atoms with Gasteiger partial charge in [-0.25, -0.2) is 9.78 Å². The molecule has 1 unspecified atom stereocenters. The summed E-state index contributed by atoms with van der Waals surface area (Å²) in [6.07, 6.45) is 9.58. The van der Waals surface area contributed by atoms with Gasteiger partial charge in [0.2, 0.25) is 0 Å². The minimum absolute atomic E-state index is 0.264. The molecule has 0 radical (unpaired) electrons. The van der Waals surface area contributed by atoms with Crippen LogP contribution in [-0.2, 0) is 0 Å². The van der Waals surface area contributed by atoms with Crippen molar-refractivity contribution in [2.75, 3.05) is 0 Å². The average molecular weight is 163 g/mol. The van der Waals surface area contributed by atoms with Crippen LogP contribution in [0.5, 0.6) is 0 Å². The number of hydrogen-bond acceptors (Lipinski definition) is 2. The normalized spacial score (nSPS) is 11.7. The van der Waals surface area contributed by atoms with Crippen molar-refractivity contribution < 1.29 is 4.79 Å². The maximum Gasteiger partial charge on any atom is 0.327 e. The quantitative estimate of drug-likeness (QED) is 0.611. The molecule has 1 atom stereocenters. The second kappa shape index (κ2) is 3.58. The van der Waals surface area contributed by atoms with Crippen molar-refractivity contribution >= 4 is 6.03 Å². The molecule has 0 fully saturated rings. The predicted molar refractivity (Wildman–Crippen MR) is 44.5 cm³/mol. The first-order valence-corrected chi connectivity index (χ1v) is 3.49. The molecule has 12 heavy (non-hydrogen) atoms. The molecule has 1 heterocycles. The first kappa shape index (κ1) is 8.34. The van der Waals surface area contributed by atoms with Crippen LogP contribution in [0.15, 0.2) is 18.7 Å². The molecule has 0 aromatic carbocycles. The Morgan fingerprint density at radius 1 is 1.83 bits per heavy atom. The molecule has 1 N–H and O–H groups in total. The maximum absolute atomic E-state index is 11.2. The van der Waals surface area contributed by atoms with Gasteiger partial charge >= 0.3 is 6.03 Å². The largest absolute Gasteiger partial charge is 0.327 e. The Labute approximate surface area is 70.6 Å². The van der Waals surface area contributed by atoms with E-state index in [1.807, 2.05) is 0 Å². The Hall–Kier alpha value is -1.76. The first-order chi connectivity index (χ1) is 5.74. The van der Waals surface area contributed by atoms with Crippen LogP contribution in [0.1, 0.15) is 6.92 Å². The van der Waals surface area contributed by atoms with Crippen molar-refractivity contribution in [3.05, 3.63) is 18.7 Å². The number of aromatic nitrogens is 2. The number of nitrogens with zero attached hydrogens (tertiary/aromatic N) is 2. The highest BCUT2D eigenvalue weighted by molar-refractivity contribution is 5.76. The van der Waals surface area contributed by atoms with Crippen molar-refractivity contribution in [2.45, 2.75) is 13.0 Å². The van der Waals surface area contributed by atoms with Crippen LogP contribution in [0, 0.1) is 12.3 Å². The smallest absolute Gasteiger partial charge is 0.324 e. The van der Waals surface area contributed by atoms with Crippen LogP contribution in [0.4, 0.5) is 4.79 Å². The summed E-state index contributed by atoms with van der Waals surface area (Å²) in [5, 5.41) is 2.58. The molecule has 0 bridgehead atoms. The highest BCUT2D eigenvalue weighted by Gasteiger charge is 2.04. The summed E-state index contributed by atoms with van der Waals surface area (Å²) in [5.74, 6) is 2.39. The number of terminal acetylenes is 1. The van der Waals surface area contributed by atoms with Crippen LogP contribution in [0.25, 0.3) is 0 Å². The fourth-order valence-corrected chi connectivity index (χ4v) is 0.681. The Kier molecular flexibility index (Phi) is 2.49. The topological polar surface area (TPSA) is 46.9 Å². The number of nitrogens with one attached hydrogen (secondary N) is 1. The van der Waals surface area contributed by atoms with Crippen LogP contribution in [-0.4, -0.2) is 21.6 Å². The maximum atomic E-state index is 11.2. The molecule has 0 aliphatic carbocycles. The number of amides is 1. The summed E-state index contributed by atoms with van der Waals surface area (Å²) in [5.41, 5.74) is 0. The van der Waals surface area contributed by atoms with Gasteiger partial charge in [0, 0.05) is 12.4 Å². The Balaban J connectivity index is 2.57. The second-order valence-electron chi connectivity index (χ2n) is 2.31. The molecule has 62 valence electrons. The third-order valence-electron chi connectivity index (χ3n) is 1.33. The zero-order valence-corrected chi connectivity index (χ0v) is 6.69. The van der Waals surface area contributed by atoms with E-state index in [2.05, 4.69) is 16.2 Å². The summed E-state index contributed by atoms with van der Waals surface area (Å²) in [6.45, 7) is 1.73. The molecule has 0 saturated heterocycles. The molecular formula is C8H9N3O. The first-order valence-electron chi connectivity index (χ1n) is 3.49. The molecule has 1 aromatic heterocycles. The number of hydrogen-bond donors (Lipinski definition) is 1. The van der Waals surface area contributed by atoms with Gasteiger partial charge in [-0.15, -0.1) is 6.42 Å². The van der Waals surface area contributed by atoms with Gasteiger partial charge in [-0.2, -0.15) is 0 Å². The number of rotatable bonds is 1. The summed E-state index contributed by atoms with van der Waals surface area (Å²) in [7, 11) is 0. The van der Waals surface area contributed by atoms with Gasteiger partial charge in [-0.05, 0) is 6.92 Å². The van der Waals surface area contributed by atoms with Crippen molar-refractivity contribution in [3.63, 3.8) is 0 Å². The van der Waals surface area contributed by atoms with Crippen LogP contribution < -0.4 is 5.32 Å². The van der Waals surface area contributed by atoms with Crippen molar-refractivity contribution in [1.29, 1.82) is 0 Å². The lowest BCUT2D eigenvalue weighted by Crippen LogP contribution is -2.34. The van der Waals surface area contributed by atoms with Gasteiger partial charge < -0.3 is 5.32 Å². The van der Waals surface area contributed by atoms with E-state index >= 15 is 0 Å². The fraction of sp³-hybridized carbons (Fsp3) is 0.250. The van der Waals surface area contributed by atoms with Gasteiger partial charge in [-0.1, -0.05) is 5.92 Å². The lowest BCUT2D eigenvalue weighted by molar-refractivity contribution is 0.241. The van der Waals surface area contributed by atoms with Crippen molar-refractivity contribution in [3.8, 4) is 12.3 Å². The average Bonchev–Trinajstić information content (AvgIpc) is 2.56. The monoisotopic (exact) mass is 163 g/mol. The fourth-order valence-electron chi connectivity index (χ4n) is 0.681. The zero-order valence-electron chi connectivity index (χ0n) is 6.69. The Morgan fingerprint density at radius 3 is 3.08 bits per heavy atom. The van der Waals surface area contributed by atoms with Crippen LogP contribution in [0.2, 0.25) is 0 Å². The molecule has 0 aliphatic rings. The molecule has 1 amide bonds. The standard InChI is InChI=1S/C8H9N3O/c1-3-7(2)10-8(12)11-5-4-9-6-11/h1,4-7H,2H3,(H,10,12). The van der Waals surface area contributed by atoms with Gasteiger partial charge in [0.25, 0.3) is 0 Å². The lowest BCUT2D eigenvalue weighted by atomic mass is 10.4. The van der Waals surface area contributed by atoms with Gasteiger partial charge in [0.15, 0.2) is 0 Å². The van der Waals surface area contributed by atoms with E-state index in [1.165, 1.54) is 17.1 Å². The molecule has 4 heteroatoms. The predicted octanol–water partition coefficient (Wildman–Crippen LogP) is 0.462. The van der Waals surface area contributed by atoms with Crippen LogP contribution >= 0.6 is 0 Å².